The number of fused-ring (bicyclic) bond motifs is 1. The van der Waals surface area contributed by atoms with Gasteiger partial charge in [-0.1, -0.05) is 0 Å². The molecule has 1 aromatic rings. The maximum Gasteiger partial charge on any atom is 0.407 e. The monoisotopic (exact) mass is 423 g/mol. The Labute approximate surface area is 172 Å². The van der Waals surface area contributed by atoms with Gasteiger partial charge in [-0.2, -0.15) is 0 Å². The molecule has 2 unspecified atom stereocenters. The van der Waals surface area contributed by atoms with Crippen LogP contribution in [0.2, 0.25) is 0 Å². The zero-order valence-electron chi connectivity index (χ0n) is 17.5. The largest absolute Gasteiger partial charge is 0.467 e. The second kappa shape index (κ2) is 9.42. The first-order chi connectivity index (χ1) is 14.2. The molecule has 0 bridgehead atoms. The summed E-state index contributed by atoms with van der Waals surface area (Å²) in [6.07, 6.45) is -0.472. The minimum absolute atomic E-state index is 0.0457. The molecule has 30 heavy (non-hydrogen) atoms. The Hall–Kier alpha value is -3.37. The molecule has 11 nitrogen and oxygen atoms in total. The number of likely N-dealkylation sites (N-methyl/N-ethyl adjacent to an activating group) is 1. The number of nitrogens with zero attached hydrogens (tertiary/aromatic N) is 2. The van der Waals surface area contributed by atoms with E-state index in [0.717, 1.165) is 14.2 Å². The van der Waals surface area contributed by atoms with E-state index in [2.05, 4.69) is 14.8 Å². The highest BCUT2D eigenvalue weighted by Gasteiger charge is 2.35. The third kappa shape index (κ3) is 4.44. The van der Waals surface area contributed by atoms with Gasteiger partial charge in [0.15, 0.2) is 0 Å². The van der Waals surface area contributed by atoms with Crippen molar-refractivity contribution < 1.29 is 33.4 Å². The molecule has 2 rings (SSSR count). The minimum Gasteiger partial charge on any atom is -0.467 e. The average molecular weight is 423 g/mol. The van der Waals surface area contributed by atoms with Gasteiger partial charge in [0.05, 0.1) is 26.9 Å². The smallest absolute Gasteiger partial charge is 0.407 e. The number of amides is 2. The molecular weight excluding hydrogens is 398 g/mol. The number of pyridine rings is 1. The number of carbonyl (C=O) groups excluding carboxylic acids is 4. The Kier molecular flexibility index (Phi) is 7.19. The van der Waals surface area contributed by atoms with Gasteiger partial charge in [-0.15, -0.1) is 0 Å². The van der Waals surface area contributed by atoms with E-state index in [-0.39, 0.29) is 23.5 Å². The molecule has 164 valence electrons. The number of alkyl carbamates (subject to hydrolysis) is 1. The molecule has 1 aromatic heterocycles. The molecule has 0 spiro atoms. The summed E-state index contributed by atoms with van der Waals surface area (Å²) in [6.45, 7) is 0. The maximum absolute atomic E-state index is 13.2. The summed E-state index contributed by atoms with van der Waals surface area (Å²) in [5.74, 6) is -1.76. The van der Waals surface area contributed by atoms with E-state index in [9.17, 15) is 24.0 Å². The molecule has 0 saturated heterocycles. The van der Waals surface area contributed by atoms with E-state index in [0.29, 0.717) is 18.5 Å². The molecule has 1 aliphatic rings. The van der Waals surface area contributed by atoms with Crippen LogP contribution in [0.4, 0.5) is 4.79 Å². The van der Waals surface area contributed by atoms with Gasteiger partial charge in [-0.05, 0) is 18.9 Å². The molecule has 0 fully saturated rings. The van der Waals surface area contributed by atoms with Gasteiger partial charge in [0, 0.05) is 31.8 Å². The average Bonchev–Trinajstić information content (AvgIpc) is 3.18. The molecule has 2 atom stereocenters. The lowest BCUT2D eigenvalue weighted by molar-refractivity contribution is -0.143. The number of esters is 2. The zero-order chi connectivity index (χ0) is 22.6. The van der Waals surface area contributed by atoms with Gasteiger partial charge < -0.3 is 24.4 Å². The SMILES string of the molecule is COC(=O)NC(Cc1cc(C(=O)OC)c2n(c1=O)C(C(=O)N(C)C)CC2)C(=O)OC. The maximum atomic E-state index is 13.2. The van der Waals surface area contributed by atoms with Crippen molar-refractivity contribution in [2.24, 2.45) is 0 Å². The normalized spacial score (nSPS) is 15.6. The quantitative estimate of drug-likeness (QED) is 0.485. The Balaban J connectivity index is 2.60. The van der Waals surface area contributed by atoms with Crippen LogP contribution in [0.5, 0.6) is 0 Å². The molecular formula is C19H25N3O8. The topological polar surface area (TPSA) is 133 Å². The first-order valence-electron chi connectivity index (χ1n) is 9.15. The number of hydrogen-bond donors (Lipinski definition) is 1. The highest BCUT2D eigenvalue weighted by molar-refractivity contribution is 5.91. The summed E-state index contributed by atoms with van der Waals surface area (Å²) < 4.78 is 15.3. The lowest BCUT2D eigenvalue weighted by Gasteiger charge is -2.21. The van der Waals surface area contributed by atoms with Crippen LogP contribution in [0.3, 0.4) is 0 Å². The van der Waals surface area contributed by atoms with Crippen molar-refractivity contribution >= 4 is 23.9 Å². The number of rotatable bonds is 6. The number of carbonyl (C=O) groups is 4. The minimum atomic E-state index is -1.23. The third-order valence-electron chi connectivity index (χ3n) is 4.90. The van der Waals surface area contributed by atoms with E-state index >= 15 is 0 Å². The fraction of sp³-hybridized carbons (Fsp3) is 0.526. The van der Waals surface area contributed by atoms with Crippen molar-refractivity contribution in [2.45, 2.75) is 31.3 Å². The lowest BCUT2D eigenvalue weighted by atomic mass is 10.0. The van der Waals surface area contributed by atoms with Gasteiger partial charge >= 0.3 is 18.0 Å². The van der Waals surface area contributed by atoms with Gasteiger partial charge in [0.1, 0.15) is 12.1 Å². The number of nitrogens with one attached hydrogen (secondary N) is 1. The van der Waals surface area contributed by atoms with E-state index in [1.54, 1.807) is 14.1 Å². The van der Waals surface area contributed by atoms with Crippen molar-refractivity contribution in [3.63, 3.8) is 0 Å². The van der Waals surface area contributed by atoms with Crippen LogP contribution >= 0.6 is 0 Å². The summed E-state index contributed by atoms with van der Waals surface area (Å²) in [5.41, 5.74) is 0.0366. The predicted octanol–water partition coefficient (Wildman–Crippen LogP) is -0.349. The number of aromatic nitrogens is 1. The standard InChI is InChI=1S/C19H25N3O8/c1-21(2)16(24)14-7-6-13-11(17(25)28-3)8-10(15(23)22(13)14)9-12(18(26)29-4)20-19(27)30-5/h8,12,14H,6-7,9H2,1-5H3,(H,20,27). The summed E-state index contributed by atoms with van der Waals surface area (Å²) in [5, 5.41) is 2.30. The molecule has 0 radical (unpaired) electrons. The van der Waals surface area contributed by atoms with Gasteiger partial charge in [0.2, 0.25) is 5.91 Å². The Morgan fingerprint density at radius 3 is 2.37 bits per heavy atom. The van der Waals surface area contributed by atoms with Gasteiger partial charge in [-0.3, -0.25) is 14.2 Å². The van der Waals surface area contributed by atoms with Crippen LogP contribution in [-0.2, 0) is 36.6 Å². The van der Waals surface area contributed by atoms with Crippen molar-refractivity contribution in [3.05, 3.63) is 33.2 Å². The van der Waals surface area contributed by atoms with Gasteiger partial charge in [-0.25, -0.2) is 14.4 Å². The fourth-order valence-electron chi connectivity index (χ4n) is 3.44. The Bertz CT molecular complexity index is 921. The second-order valence-electron chi connectivity index (χ2n) is 6.90. The van der Waals surface area contributed by atoms with Crippen LogP contribution in [0, 0.1) is 0 Å². The molecule has 0 aliphatic carbocycles. The third-order valence-corrected chi connectivity index (χ3v) is 4.90. The number of methoxy groups -OCH3 is 3. The lowest BCUT2D eigenvalue weighted by Crippen LogP contribution is -2.45. The Morgan fingerprint density at radius 2 is 1.83 bits per heavy atom. The zero-order valence-corrected chi connectivity index (χ0v) is 17.5. The van der Waals surface area contributed by atoms with Crippen molar-refractivity contribution in [1.29, 1.82) is 0 Å². The summed E-state index contributed by atoms with van der Waals surface area (Å²) in [7, 11) is 6.61. The van der Waals surface area contributed by atoms with E-state index in [4.69, 9.17) is 4.74 Å². The summed E-state index contributed by atoms with van der Waals surface area (Å²) in [4.78, 5) is 63.2. The molecule has 1 aliphatic heterocycles. The first kappa shape index (κ1) is 22.9. The van der Waals surface area contributed by atoms with E-state index < -0.39 is 35.7 Å². The fourth-order valence-corrected chi connectivity index (χ4v) is 3.44. The second-order valence-corrected chi connectivity index (χ2v) is 6.90. The first-order valence-corrected chi connectivity index (χ1v) is 9.15. The van der Waals surface area contributed by atoms with Crippen molar-refractivity contribution in [1.82, 2.24) is 14.8 Å². The molecule has 0 aromatic carbocycles. The Morgan fingerprint density at radius 1 is 1.17 bits per heavy atom. The van der Waals surface area contributed by atoms with Crippen LogP contribution in [0.15, 0.2) is 10.9 Å². The highest BCUT2D eigenvalue weighted by Crippen LogP contribution is 2.28. The van der Waals surface area contributed by atoms with Crippen LogP contribution in [0.25, 0.3) is 0 Å². The van der Waals surface area contributed by atoms with Crippen molar-refractivity contribution in [3.8, 4) is 0 Å². The highest BCUT2D eigenvalue weighted by atomic mass is 16.5. The molecule has 1 N–H and O–H groups in total. The summed E-state index contributed by atoms with van der Waals surface area (Å²) in [6, 6.07) is -0.683. The predicted molar refractivity (Wildman–Crippen MR) is 103 cm³/mol. The van der Waals surface area contributed by atoms with Crippen LogP contribution in [0.1, 0.15) is 34.1 Å². The van der Waals surface area contributed by atoms with Crippen molar-refractivity contribution in [2.75, 3.05) is 35.4 Å². The summed E-state index contributed by atoms with van der Waals surface area (Å²) >= 11 is 0. The molecule has 2 heterocycles. The van der Waals surface area contributed by atoms with E-state index in [1.165, 1.54) is 22.6 Å². The number of hydrogen-bond acceptors (Lipinski definition) is 8. The molecule has 2 amide bonds. The van der Waals surface area contributed by atoms with E-state index in [1.807, 2.05) is 0 Å². The van der Waals surface area contributed by atoms with Crippen LogP contribution < -0.4 is 10.9 Å². The number of ether oxygens (including phenoxy) is 3. The molecule has 0 saturated carbocycles. The van der Waals surface area contributed by atoms with Crippen LogP contribution in [-0.4, -0.2) is 74.9 Å². The van der Waals surface area contributed by atoms with Gasteiger partial charge in [0.25, 0.3) is 5.56 Å². The molecule has 11 heteroatoms.